The Kier molecular flexibility index (Phi) is 6.46. The van der Waals surface area contributed by atoms with Crippen LogP contribution in [0.4, 0.5) is 0 Å². The van der Waals surface area contributed by atoms with E-state index in [0.717, 1.165) is 4.47 Å². The SMILES string of the molecule is O=C(N/N=C\c1cc(Br)cc(I)c1O)c1cc(Br)cc(Br)c1O. The Bertz CT molecular complexity index is 812. The fourth-order valence-electron chi connectivity index (χ4n) is 1.64. The maximum absolute atomic E-state index is 12.1. The number of nitrogens with zero attached hydrogens (tertiary/aromatic N) is 1. The van der Waals surface area contributed by atoms with E-state index in [0.29, 0.717) is 18.1 Å². The van der Waals surface area contributed by atoms with E-state index in [1.165, 1.54) is 12.3 Å². The van der Waals surface area contributed by atoms with Gasteiger partial charge in [-0.1, -0.05) is 31.9 Å². The molecule has 23 heavy (non-hydrogen) atoms. The number of hydrogen-bond donors (Lipinski definition) is 3. The molecule has 0 atom stereocenters. The van der Waals surface area contributed by atoms with Gasteiger partial charge in [0.15, 0.2) is 0 Å². The lowest BCUT2D eigenvalue weighted by molar-refractivity contribution is 0.0952. The van der Waals surface area contributed by atoms with Gasteiger partial charge in [-0.15, -0.1) is 0 Å². The van der Waals surface area contributed by atoms with E-state index in [1.54, 1.807) is 18.2 Å². The zero-order valence-electron chi connectivity index (χ0n) is 11.1. The van der Waals surface area contributed by atoms with Crippen LogP contribution in [0, 0.1) is 3.57 Å². The molecule has 0 bridgehead atoms. The van der Waals surface area contributed by atoms with Crippen LogP contribution < -0.4 is 5.43 Å². The Hall–Kier alpha value is -0.650. The van der Waals surface area contributed by atoms with Gasteiger partial charge >= 0.3 is 0 Å². The zero-order valence-corrected chi connectivity index (χ0v) is 18.1. The van der Waals surface area contributed by atoms with Crippen molar-refractivity contribution < 1.29 is 15.0 Å². The minimum absolute atomic E-state index is 0.0662. The fraction of sp³-hybridized carbons (Fsp3) is 0. The van der Waals surface area contributed by atoms with Gasteiger partial charge in [-0.2, -0.15) is 5.10 Å². The number of phenols is 2. The molecular weight excluding hydrogens is 611 g/mol. The second-order valence-electron chi connectivity index (χ2n) is 4.31. The molecule has 0 saturated heterocycles. The minimum atomic E-state index is -0.579. The third kappa shape index (κ3) is 4.68. The van der Waals surface area contributed by atoms with Crippen molar-refractivity contribution in [1.29, 1.82) is 0 Å². The third-order valence-electron chi connectivity index (χ3n) is 2.70. The summed E-state index contributed by atoms with van der Waals surface area (Å²) >= 11 is 11.7. The first kappa shape index (κ1) is 18.7. The molecule has 2 aromatic rings. The van der Waals surface area contributed by atoms with Crippen molar-refractivity contribution in [3.8, 4) is 11.5 Å². The number of hydrazone groups is 1. The summed E-state index contributed by atoms with van der Waals surface area (Å²) in [5.41, 5.74) is 2.82. The van der Waals surface area contributed by atoms with Crippen LogP contribution in [0.3, 0.4) is 0 Å². The molecule has 120 valence electrons. The number of rotatable bonds is 3. The van der Waals surface area contributed by atoms with Crippen molar-refractivity contribution in [2.45, 2.75) is 0 Å². The highest BCUT2D eigenvalue weighted by Crippen LogP contribution is 2.31. The van der Waals surface area contributed by atoms with Crippen LogP contribution in [0.2, 0.25) is 0 Å². The average molecular weight is 619 g/mol. The van der Waals surface area contributed by atoms with E-state index in [2.05, 4.69) is 58.3 Å². The van der Waals surface area contributed by atoms with Crippen molar-refractivity contribution in [1.82, 2.24) is 5.43 Å². The number of halogens is 4. The molecule has 2 aromatic carbocycles. The number of phenolic OH excluding ortho intramolecular Hbond substituents is 2. The molecule has 0 heterocycles. The molecule has 2 rings (SSSR count). The first-order valence-corrected chi connectivity index (χ1v) is 9.44. The highest BCUT2D eigenvalue weighted by molar-refractivity contribution is 14.1. The minimum Gasteiger partial charge on any atom is -0.506 e. The highest BCUT2D eigenvalue weighted by atomic mass is 127. The summed E-state index contributed by atoms with van der Waals surface area (Å²) in [6, 6.07) is 6.52. The molecule has 5 nitrogen and oxygen atoms in total. The molecule has 3 N–H and O–H groups in total. The molecule has 0 aromatic heterocycles. The van der Waals surface area contributed by atoms with Crippen molar-refractivity contribution in [3.05, 3.63) is 52.4 Å². The lowest BCUT2D eigenvalue weighted by Gasteiger charge is -2.06. The first-order chi connectivity index (χ1) is 10.8. The third-order valence-corrected chi connectivity index (χ3v) is 5.04. The van der Waals surface area contributed by atoms with E-state index in [9.17, 15) is 15.0 Å². The van der Waals surface area contributed by atoms with Crippen LogP contribution >= 0.6 is 70.4 Å². The summed E-state index contributed by atoms with van der Waals surface area (Å²) in [7, 11) is 0. The topological polar surface area (TPSA) is 81.9 Å². The van der Waals surface area contributed by atoms with Crippen molar-refractivity contribution in [3.63, 3.8) is 0 Å². The second kappa shape index (κ2) is 7.95. The van der Waals surface area contributed by atoms with Crippen LogP contribution in [-0.2, 0) is 0 Å². The molecule has 0 spiro atoms. The van der Waals surface area contributed by atoms with Gasteiger partial charge in [-0.05, 0) is 62.8 Å². The number of aromatic hydroxyl groups is 2. The van der Waals surface area contributed by atoms with Gasteiger partial charge in [-0.25, -0.2) is 5.43 Å². The van der Waals surface area contributed by atoms with E-state index < -0.39 is 5.91 Å². The molecule has 0 aliphatic carbocycles. The van der Waals surface area contributed by atoms with Crippen LogP contribution in [-0.4, -0.2) is 22.3 Å². The number of nitrogens with one attached hydrogen (secondary N) is 1. The Morgan fingerprint density at radius 1 is 1.09 bits per heavy atom. The summed E-state index contributed by atoms with van der Waals surface area (Å²) in [6.07, 6.45) is 1.32. The Morgan fingerprint density at radius 2 is 1.74 bits per heavy atom. The largest absolute Gasteiger partial charge is 0.506 e. The van der Waals surface area contributed by atoms with Gasteiger partial charge in [0.1, 0.15) is 11.5 Å². The monoisotopic (exact) mass is 616 g/mol. The summed E-state index contributed by atoms with van der Waals surface area (Å²) in [6.45, 7) is 0. The van der Waals surface area contributed by atoms with Crippen molar-refractivity contribution in [2.24, 2.45) is 5.10 Å². The van der Waals surface area contributed by atoms with Crippen molar-refractivity contribution >= 4 is 82.5 Å². The molecule has 0 aliphatic rings. The lowest BCUT2D eigenvalue weighted by atomic mass is 10.2. The zero-order chi connectivity index (χ0) is 17.1. The molecule has 0 saturated carbocycles. The standard InChI is InChI=1S/C14H8Br3IN2O3/c15-7-1-6(12(21)11(18)4-7)5-19-20-14(23)9-2-8(16)3-10(17)13(9)22/h1-5,21-22H,(H,20,23)/b19-5-. The number of carbonyl (C=O) groups excluding carboxylic acids is 1. The number of benzene rings is 2. The van der Waals surface area contributed by atoms with Crippen LogP contribution in [0.1, 0.15) is 15.9 Å². The Morgan fingerprint density at radius 3 is 2.43 bits per heavy atom. The maximum atomic E-state index is 12.1. The predicted molar refractivity (Wildman–Crippen MR) is 107 cm³/mol. The van der Waals surface area contributed by atoms with Gasteiger partial charge in [-0.3, -0.25) is 4.79 Å². The molecular formula is C14H8Br3IN2O3. The normalized spacial score (nSPS) is 11.0. The van der Waals surface area contributed by atoms with E-state index >= 15 is 0 Å². The molecule has 0 radical (unpaired) electrons. The Labute approximate surface area is 170 Å². The summed E-state index contributed by atoms with van der Waals surface area (Å²) in [5.74, 6) is -0.689. The highest BCUT2D eigenvalue weighted by Gasteiger charge is 2.14. The molecule has 0 unspecified atom stereocenters. The van der Waals surface area contributed by atoms with Crippen LogP contribution in [0.25, 0.3) is 0 Å². The fourth-order valence-corrected chi connectivity index (χ4v) is 4.42. The lowest BCUT2D eigenvalue weighted by Crippen LogP contribution is -2.18. The summed E-state index contributed by atoms with van der Waals surface area (Å²) in [4.78, 5) is 12.1. The predicted octanol–water partition coefficient (Wildman–Crippen LogP) is 4.75. The van der Waals surface area contributed by atoms with E-state index in [1.807, 2.05) is 22.6 Å². The molecule has 0 fully saturated rings. The summed E-state index contributed by atoms with van der Waals surface area (Å²) in [5, 5.41) is 23.6. The van der Waals surface area contributed by atoms with Gasteiger partial charge in [0, 0.05) is 14.5 Å². The van der Waals surface area contributed by atoms with Gasteiger partial charge in [0.2, 0.25) is 0 Å². The number of carbonyl (C=O) groups is 1. The summed E-state index contributed by atoms with van der Waals surface area (Å²) < 4.78 is 2.45. The van der Waals surface area contributed by atoms with Crippen LogP contribution in [0.5, 0.6) is 11.5 Å². The van der Waals surface area contributed by atoms with Gasteiger partial charge < -0.3 is 10.2 Å². The smallest absolute Gasteiger partial charge is 0.275 e. The second-order valence-corrected chi connectivity index (χ2v) is 8.16. The number of hydrogen-bond acceptors (Lipinski definition) is 4. The van der Waals surface area contributed by atoms with E-state index in [-0.39, 0.29) is 17.1 Å². The Balaban J connectivity index is 2.20. The first-order valence-electron chi connectivity index (χ1n) is 5.99. The maximum Gasteiger partial charge on any atom is 0.275 e. The van der Waals surface area contributed by atoms with Crippen molar-refractivity contribution in [2.75, 3.05) is 0 Å². The van der Waals surface area contributed by atoms with Gasteiger partial charge in [0.25, 0.3) is 5.91 Å². The molecule has 1 amide bonds. The van der Waals surface area contributed by atoms with Gasteiger partial charge in [0.05, 0.1) is 19.8 Å². The molecule has 9 heteroatoms. The molecule has 0 aliphatic heterocycles. The average Bonchev–Trinajstić information content (AvgIpc) is 2.47. The van der Waals surface area contributed by atoms with E-state index in [4.69, 9.17) is 0 Å². The quantitative estimate of drug-likeness (QED) is 0.264. The van der Waals surface area contributed by atoms with Crippen LogP contribution in [0.15, 0.2) is 42.8 Å². The number of amides is 1.